The first-order valence-electron chi connectivity index (χ1n) is 17.6. The molecule has 52 heavy (non-hydrogen) atoms. The third-order valence-electron chi connectivity index (χ3n) is 10.1. The molecule has 3 heteroatoms. The Morgan fingerprint density at radius 2 is 0.750 bits per heavy atom. The Kier molecular flexibility index (Phi) is 7.14. The second-order valence-electron chi connectivity index (χ2n) is 13.2. The van der Waals surface area contributed by atoms with Crippen molar-refractivity contribution in [3.63, 3.8) is 0 Å². The van der Waals surface area contributed by atoms with Crippen LogP contribution in [-0.2, 0) is 0 Å². The van der Waals surface area contributed by atoms with Crippen molar-refractivity contribution in [3.05, 3.63) is 194 Å². The van der Waals surface area contributed by atoms with E-state index in [1.54, 1.807) is 0 Å². The SMILES string of the molecule is c1ccc(-c2ccc3oc(-c4ccc(-c5ccc(-c6ccc(-c7ccc(-n8c9ccccc9c9ccccc98)cc7)cc6)cc5)cc4)nc3c2)cc1. The van der Waals surface area contributed by atoms with Crippen LogP contribution in [0.3, 0.4) is 0 Å². The highest BCUT2D eigenvalue weighted by atomic mass is 16.3. The molecular formula is C49H32N2O. The first-order valence-corrected chi connectivity index (χ1v) is 17.6. The maximum absolute atomic E-state index is 6.13. The van der Waals surface area contributed by atoms with Gasteiger partial charge in [0.1, 0.15) is 5.52 Å². The predicted molar refractivity (Wildman–Crippen MR) is 216 cm³/mol. The van der Waals surface area contributed by atoms with E-state index in [-0.39, 0.29) is 0 Å². The number of benzene rings is 8. The third kappa shape index (κ3) is 5.28. The molecule has 244 valence electrons. The Hall–Kier alpha value is -6.97. The lowest BCUT2D eigenvalue weighted by molar-refractivity contribution is 0.620. The highest BCUT2D eigenvalue weighted by molar-refractivity contribution is 6.09. The van der Waals surface area contributed by atoms with Crippen LogP contribution in [0, 0.1) is 0 Å². The molecule has 0 amide bonds. The third-order valence-corrected chi connectivity index (χ3v) is 10.1. The Morgan fingerprint density at radius 3 is 1.27 bits per heavy atom. The number of nitrogens with zero attached hydrogens (tertiary/aromatic N) is 2. The van der Waals surface area contributed by atoms with Gasteiger partial charge in [0.15, 0.2) is 5.58 Å². The van der Waals surface area contributed by atoms with Crippen molar-refractivity contribution in [1.82, 2.24) is 9.55 Å². The van der Waals surface area contributed by atoms with Crippen LogP contribution in [0.1, 0.15) is 0 Å². The molecule has 0 unspecified atom stereocenters. The van der Waals surface area contributed by atoms with E-state index < -0.39 is 0 Å². The summed E-state index contributed by atoms with van der Waals surface area (Å²) in [6.45, 7) is 0. The van der Waals surface area contributed by atoms with E-state index in [1.165, 1.54) is 55.2 Å². The van der Waals surface area contributed by atoms with Crippen molar-refractivity contribution in [1.29, 1.82) is 0 Å². The molecule has 0 aliphatic rings. The van der Waals surface area contributed by atoms with Crippen molar-refractivity contribution in [2.24, 2.45) is 0 Å². The van der Waals surface area contributed by atoms with Gasteiger partial charge in [-0.3, -0.25) is 0 Å². The summed E-state index contributed by atoms with van der Waals surface area (Å²) in [7, 11) is 0. The van der Waals surface area contributed by atoms with Gasteiger partial charge in [0.2, 0.25) is 5.89 Å². The smallest absolute Gasteiger partial charge is 0.227 e. The maximum atomic E-state index is 6.13. The number of oxazole rings is 1. The van der Waals surface area contributed by atoms with Crippen LogP contribution in [0.5, 0.6) is 0 Å². The van der Waals surface area contributed by atoms with E-state index in [9.17, 15) is 0 Å². The van der Waals surface area contributed by atoms with Gasteiger partial charge in [0, 0.05) is 22.0 Å². The van der Waals surface area contributed by atoms with Gasteiger partial charge >= 0.3 is 0 Å². The topological polar surface area (TPSA) is 31.0 Å². The van der Waals surface area contributed by atoms with E-state index in [0.717, 1.165) is 33.5 Å². The number of hydrogen-bond donors (Lipinski definition) is 0. The standard InChI is InChI=1S/C49H32N2O/c1-2-8-33(9-3-1)41-28-31-48-45(32-41)50-49(52-48)40-24-22-38(23-25-40)36-16-14-34(15-17-36)35-18-20-37(21-19-35)39-26-29-42(30-27-39)51-46-12-6-4-10-43(46)44-11-5-7-13-47(44)51/h1-32H. The van der Waals surface area contributed by atoms with Crippen LogP contribution in [0.4, 0.5) is 0 Å². The van der Waals surface area contributed by atoms with Crippen molar-refractivity contribution in [2.75, 3.05) is 0 Å². The molecule has 0 spiro atoms. The lowest BCUT2D eigenvalue weighted by atomic mass is 9.97. The van der Waals surface area contributed by atoms with Crippen LogP contribution in [0.15, 0.2) is 199 Å². The van der Waals surface area contributed by atoms with E-state index in [1.807, 2.05) is 12.1 Å². The summed E-state index contributed by atoms with van der Waals surface area (Å²) < 4.78 is 8.48. The molecule has 0 fully saturated rings. The quantitative estimate of drug-likeness (QED) is 0.177. The summed E-state index contributed by atoms with van der Waals surface area (Å²) >= 11 is 0. The highest BCUT2D eigenvalue weighted by Crippen LogP contribution is 2.34. The van der Waals surface area contributed by atoms with E-state index in [0.29, 0.717) is 5.89 Å². The molecule has 0 aliphatic heterocycles. The molecular weight excluding hydrogens is 633 g/mol. The summed E-state index contributed by atoms with van der Waals surface area (Å²) in [5.74, 6) is 0.629. The minimum absolute atomic E-state index is 0.629. The fourth-order valence-electron chi connectivity index (χ4n) is 7.38. The molecule has 2 aromatic heterocycles. The van der Waals surface area contributed by atoms with E-state index in [2.05, 4.69) is 187 Å². The zero-order chi connectivity index (χ0) is 34.4. The van der Waals surface area contributed by atoms with E-state index in [4.69, 9.17) is 9.40 Å². The van der Waals surface area contributed by atoms with Crippen molar-refractivity contribution >= 4 is 32.9 Å². The number of fused-ring (bicyclic) bond motifs is 4. The number of para-hydroxylation sites is 2. The Labute approximate surface area is 301 Å². The van der Waals surface area contributed by atoms with Crippen LogP contribution in [-0.4, -0.2) is 9.55 Å². The summed E-state index contributed by atoms with van der Waals surface area (Å²) in [5.41, 5.74) is 15.6. The summed E-state index contributed by atoms with van der Waals surface area (Å²) in [5, 5.41) is 2.55. The molecule has 0 aliphatic carbocycles. The second-order valence-corrected chi connectivity index (χ2v) is 13.2. The van der Waals surface area contributed by atoms with Crippen LogP contribution < -0.4 is 0 Å². The minimum Gasteiger partial charge on any atom is -0.436 e. The summed E-state index contributed by atoms with van der Waals surface area (Å²) in [6.07, 6.45) is 0. The molecule has 3 nitrogen and oxygen atoms in total. The summed E-state index contributed by atoms with van der Waals surface area (Å²) in [6, 6.07) is 68.8. The molecule has 0 bridgehead atoms. The minimum atomic E-state index is 0.629. The molecule has 0 saturated heterocycles. The average molecular weight is 665 g/mol. The van der Waals surface area contributed by atoms with Crippen molar-refractivity contribution < 1.29 is 4.42 Å². The van der Waals surface area contributed by atoms with Crippen molar-refractivity contribution in [2.45, 2.75) is 0 Å². The number of aromatic nitrogens is 2. The molecule has 0 atom stereocenters. The fraction of sp³-hybridized carbons (Fsp3) is 0. The van der Waals surface area contributed by atoms with Crippen LogP contribution >= 0.6 is 0 Å². The molecule has 8 aromatic carbocycles. The molecule has 2 heterocycles. The Balaban J connectivity index is 0.851. The van der Waals surface area contributed by atoms with Gasteiger partial charge in [0.05, 0.1) is 11.0 Å². The van der Waals surface area contributed by atoms with E-state index >= 15 is 0 Å². The monoisotopic (exact) mass is 664 g/mol. The van der Waals surface area contributed by atoms with Gasteiger partial charge < -0.3 is 8.98 Å². The van der Waals surface area contributed by atoms with Crippen LogP contribution in [0.2, 0.25) is 0 Å². The Bertz CT molecular complexity index is 2790. The highest BCUT2D eigenvalue weighted by Gasteiger charge is 2.13. The second kappa shape index (κ2) is 12.4. The fourth-order valence-corrected chi connectivity index (χ4v) is 7.38. The van der Waals surface area contributed by atoms with Gasteiger partial charge in [-0.1, -0.05) is 146 Å². The first-order chi connectivity index (χ1) is 25.7. The molecule has 0 radical (unpaired) electrons. The number of hydrogen-bond acceptors (Lipinski definition) is 2. The zero-order valence-electron chi connectivity index (χ0n) is 28.3. The Morgan fingerprint density at radius 1 is 0.346 bits per heavy atom. The van der Waals surface area contributed by atoms with Gasteiger partial charge in [0.25, 0.3) is 0 Å². The van der Waals surface area contributed by atoms with Gasteiger partial charge in [-0.25, -0.2) is 4.98 Å². The lowest BCUT2D eigenvalue weighted by Gasteiger charge is -2.10. The van der Waals surface area contributed by atoms with Crippen LogP contribution in [0.25, 0.3) is 94.6 Å². The molecule has 10 aromatic rings. The summed E-state index contributed by atoms with van der Waals surface area (Å²) in [4.78, 5) is 4.81. The lowest BCUT2D eigenvalue weighted by Crippen LogP contribution is -1.93. The zero-order valence-corrected chi connectivity index (χ0v) is 28.3. The maximum Gasteiger partial charge on any atom is 0.227 e. The molecule has 10 rings (SSSR count). The largest absolute Gasteiger partial charge is 0.436 e. The normalized spacial score (nSPS) is 11.5. The van der Waals surface area contributed by atoms with Gasteiger partial charge in [-0.05, 0) is 93.0 Å². The van der Waals surface area contributed by atoms with Gasteiger partial charge in [-0.2, -0.15) is 0 Å². The molecule has 0 N–H and O–H groups in total. The molecule has 0 saturated carbocycles. The predicted octanol–water partition coefficient (Wildman–Crippen LogP) is 13.3. The number of rotatable bonds is 6. The first kappa shape index (κ1) is 29.9. The average Bonchev–Trinajstić information content (AvgIpc) is 3.81. The van der Waals surface area contributed by atoms with Gasteiger partial charge in [-0.15, -0.1) is 0 Å². The van der Waals surface area contributed by atoms with Crippen molar-refractivity contribution in [3.8, 4) is 61.6 Å².